The van der Waals surface area contributed by atoms with Gasteiger partial charge in [-0.3, -0.25) is 4.79 Å². The quantitative estimate of drug-likeness (QED) is 0.675. The molecule has 1 aromatic carbocycles. The summed E-state index contributed by atoms with van der Waals surface area (Å²) in [5.74, 6) is -0.609. The maximum Gasteiger partial charge on any atom is 0.251 e. The third-order valence-electron chi connectivity index (χ3n) is 3.06. The van der Waals surface area contributed by atoms with Gasteiger partial charge in [0.1, 0.15) is 5.82 Å². The number of nitrogens with one attached hydrogen (secondary N) is 2. The van der Waals surface area contributed by atoms with E-state index in [1.807, 2.05) is 14.0 Å². The van der Waals surface area contributed by atoms with Crippen LogP contribution in [0.5, 0.6) is 0 Å². The van der Waals surface area contributed by atoms with Crippen LogP contribution < -0.4 is 10.6 Å². The van der Waals surface area contributed by atoms with Crippen LogP contribution in [-0.2, 0) is 16.1 Å². The minimum atomic E-state index is -0.382. The standard InChI is InChI=1S/C15H23FN2O3/c1-11(17-2)9-18-15(19)12-4-5-14(16)13(8-12)10-21-7-6-20-3/h4-5,8,11,17H,6-7,9-10H2,1-3H3,(H,18,19). The second-order valence-electron chi connectivity index (χ2n) is 4.75. The Morgan fingerprint density at radius 1 is 1.38 bits per heavy atom. The Morgan fingerprint density at radius 3 is 2.81 bits per heavy atom. The number of methoxy groups -OCH3 is 1. The molecule has 0 spiro atoms. The lowest BCUT2D eigenvalue weighted by Crippen LogP contribution is -2.37. The topological polar surface area (TPSA) is 59.6 Å². The molecule has 0 saturated heterocycles. The van der Waals surface area contributed by atoms with E-state index in [-0.39, 0.29) is 24.4 Å². The number of benzene rings is 1. The minimum absolute atomic E-state index is 0.114. The maximum absolute atomic E-state index is 13.7. The number of hydrogen-bond donors (Lipinski definition) is 2. The van der Waals surface area contributed by atoms with Crippen LogP contribution in [-0.4, -0.2) is 45.9 Å². The van der Waals surface area contributed by atoms with E-state index < -0.39 is 0 Å². The molecule has 118 valence electrons. The first-order valence-corrected chi connectivity index (χ1v) is 6.89. The Morgan fingerprint density at radius 2 is 2.14 bits per heavy atom. The number of rotatable bonds is 9. The molecular formula is C15H23FN2O3. The van der Waals surface area contributed by atoms with E-state index in [1.165, 1.54) is 18.2 Å². The van der Waals surface area contributed by atoms with E-state index in [0.29, 0.717) is 30.9 Å². The molecule has 1 unspecified atom stereocenters. The van der Waals surface area contributed by atoms with Crippen molar-refractivity contribution in [2.45, 2.75) is 19.6 Å². The predicted octanol–water partition coefficient (Wildman–Crippen LogP) is 1.33. The number of ether oxygens (including phenoxy) is 2. The van der Waals surface area contributed by atoms with Crippen molar-refractivity contribution in [2.24, 2.45) is 0 Å². The summed E-state index contributed by atoms with van der Waals surface area (Å²) in [5.41, 5.74) is 0.783. The average Bonchev–Trinajstić information content (AvgIpc) is 2.50. The molecule has 0 aliphatic carbocycles. The molecule has 1 atom stereocenters. The molecule has 1 aromatic rings. The summed E-state index contributed by atoms with van der Waals surface area (Å²) in [7, 11) is 3.39. The smallest absolute Gasteiger partial charge is 0.251 e. The van der Waals surface area contributed by atoms with E-state index in [2.05, 4.69) is 10.6 Å². The lowest BCUT2D eigenvalue weighted by molar-refractivity contribution is 0.0604. The summed E-state index contributed by atoms with van der Waals surface area (Å²) in [4.78, 5) is 12.0. The van der Waals surface area contributed by atoms with Crippen molar-refractivity contribution in [3.05, 3.63) is 35.1 Å². The Labute approximate surface area is 124 Å². The van der Waals surface area contributed by atoms with Crippen molar-refractivity contribution >= 4 is 5.91 Å². The van der Waals surface area contributed by atoms with Crippen LogP contribution in [0.15, 0.2) is 18.2 Å². The molecule has 5 nitrogen and oxygen atoms in total. The van der Waals surface area contributed by atoms with E-state index >= 15 is 0 Å². The van der Waals surface area contributed by atoms with E-state index in [1.54, 1.807) is 7.11 Å². The largest absolute Gasteiger partial charge is 0.382 e. The average molecular weight is 298 g/mol. The Kier molecular flexibility index (Phi) is 7.89. The van der Waals surface area contributed by atoms with Gasteiger partial charge in [-0.05, 0) is 32.2 Å². The van der Waals surface area contributed by atoms with Crippen LogP contribution in [0.3, 0.4) is 0 Å². The fraction of sp³-hybridized carbons (Fsp3) is 0.533. The van der Waals surface area contributed by atoms with Crippen LogP contribution in [0.1, 0.15) is 22.8 Å². The van der Waals surface area contributed by atoms with Crippen molar-refractivity contribution in [2.75, 3.05) is 33.9 Å². The molecule has 0 fully saturated rings. The first kappa shape index (κ1) is 17.6. The molecule has 0 bridgehead atoms. The molecule has 0 aliphatic heterocycles. The van der Waals surface area contributed by atoms with Gasteiger partial charge in [-0.1, -0.05) is 0 Å². The lowest BCUT2D eigenvalue weighted by Gasteiger charge is -2.12. The first-order valence-electron chi connectivity index (χ1n) is 6.89. The second kappa shape index (κ2) is 9.44. The highest BCUT2D eigenvalue weighted by Gasteiger charge is 2.10. The number of hydrogen-bond acceptors (Lipinski definition) is 4. The molecule has 0 aliphatic rings. The van der Waals surface area contributed by atoms with Crippen LogP contribution >= 0.6 is 0 Å². The highest BCUT2D eigenvalue weighted by atomic mass is 19.1. The number of carbonyl (C=O) groups is 1. The number of carbonyl (C=O) groups excluding carboxylic acids is 1. The van der Waals surface area contributed by atoms with Crippen LogP contribution in [0.2, 0.25) is 0 Å². The van der Waals surface area contributed by atoms with Gasteiger partial charge in [-0.2, -0.15) is 0 Å². The molecule has 0 heterocycles. The SMILES string of the molecule is CNC(C)CNC(=O)c1ccc(F)c(COCCOC)c1. The molecule has 0 aromatic heterocycles. The lowest BCUT2D eigenvalue weighted by atomic mass is 10.1. The molecule has 1 amide bonds. The predicted molar refractivity (Wildman–Crippen MR) is 78.8 cm³/mol. The third-order valence-corrected chi connectivity index (χ3v) is 3.06. The van der Waals surface area contributed by atoms with Gasteiger partial charge < -0.3 is 20.1 Å². The van der Waals surface area contributed by atoms with Gasteiger partial charge >= 0.3 is 0 Å². The van der Waals surface area contributed by atoms with E-state index in [4.69, 9.17) is 9.47 Å². The van der Waals surface area contributed by atoms with Crippen molar-refractivity contribution in [1.29, 1.82) is 0 Å². The van der Waals surface area contributed by atoms with Gasteiger partial charge in [0.25, 0.3) is 5.91 Å². The summed E-state index contributed by atoms with van der Waals surface area (Å²) >= 11 is 0. The van der Waals surface area contributed by atoms with Crippen molar-refractivity contribution in [3.63, 3.8) is 0 Å². The molecule has 0 radical (unpaired) electrons. The van der Waals surface area contributed by atoms with Gasteiger partial charge in [-0.15, -0.1) is 0 Å². The van der Waals surface area contributed by atoms with Gasteiger partial charge in [0.2, 0.25) is 0 Å². The monoisotopic (exact) mass is 298 g/mol. The van der Waals surface area contributed by atoms with Crippen LogP contribution in [0.4, 0.5) is 4.39 Å². The summed E-state index contributed by atoms with van der Waals surface area (Å²) in [6.45, 7) is 3.41. The summed E-state index contributed by atoms with van der Waals surface area (Å²) < 4.78 is 23.8. The highest BCUT2D eigenvalue weighted by molar-refractivity contribution is 5.94. The first-order chi connectivity index (χ1) is 10.1. The van der Waals surface area contributed by atoms with Crippen LogP contribution in [0.25, 0.3) is 0 Å². The molecule has 21 heavy (non-hydrogen) atoms. The fourth-order valence-electron chi connectivity index (χ4n) is 1.60. The van der Waals surface area contributed by atoms with Gasteiger partial charge in [0.05, 0.1) is 19.8 Å². The zero-order valence-electron chi connectivity index (χ0n) is 12.7. The van der Waals surface area contributed by atoms with Gasteiger partial charge in [-0.25, -0.2) is 4.39 Å². The van der Waals surface area contributed by atoms with Crippen molar-refractivity contribution in [1.82, 2.24) is 10.6 Å². The number of amides is 1. The molecule has 6 heteroatoms. The zero-order chi connectivity index (χ0) is 15.7. The van der Waals surface area contributed by atoms with Gasteiger partial charge in [0, 0.05) is 30.8 Å². The minimum Gasteiger partial charge on any atom is -0.382 e. The summed E-state index contributed by atoms with van der Waals surface area (Å²) in [5, 5.41) is 5.81. The zero-order valence-corrected chi connectivity index (χ0v) is 12.7. The number of likely N-dealkylation sites (N-methyl/N-ethyl adjacent to an activating group) is 1. The fourth-order valence-corrected chi connectivity index (χ4v) is 1.60. The van der Waals surface area contributed by atoms with Crippen molar-refractivity contribution < 1.29 is 18.7 Å². The van der Waals surface area contributed by atoms with Crippen molar-refractivity contribution in [3.8, 4) is 0 Å². The summed E-state index contributed by atoms with van der Waals surface area (Å²) in [6.07, 6.45) is 0. The summed E-state index contributed by atoms with van der Waals surface area (Å²) in [6, 6.07) is 4.44. The third kappa shape index (κ3) is 6.20. The number of halogens is 1. The van der Waals surface area contributed by atoms with Crippen LogP contribution in [0, 0.1) is 5.82 Å². The highest BCUT2D eigenvalue weighted by Crippen LogP contribution is 2.12. The molecule has 0 saturated carbocycles. The van der Waals surface area contributed by atoms with E-state index in [9.17, 15) is 9.18 Å². The maximum atomic E-state index is 13.7. The Hall–Kier alpha value is -1.50. The Bertz CT molecular complexity index is 455. The normalized spacial score (nSPS) is 12.2. The molecule has 1 rings (SSSR count). The van der Waals surface area contributed by atoms with Gasteiger partial charge in [0.15, 0.2) is 0 Å². The Balaban J connectivity index is 2.60. The van der Waals surface area contributed by atoms with E-state index in [0.717, 1.165) is 0 Å². The second-order valence-corrected chi connectivity index (χ2v) is 4.75. The molecule has 2 N–H and O–H groups in total. The molecular weight excluding hydrogens is 275 g/mol.